The van der Waals surface area contributed by atoms with Crippen molar-refractivity contribution >= 4 is 41.3 Å². The second-order valence-corrected chi connectivity index (χ2v) is 7.32. The van der Waals surface area contributed by atoms with Gasteiger partial charge in [-0.15, -0.1) is 35.3 Å². The number of halogens is 1. The summed E-state index contributed by atoms with van der Waals surface area (Å²) in [7, 11) is 5.50. The molecule has 0 bridgehead atoms. The number of aliphatic imine (C=N–C) groups is 1. The van der Waals surface area contributed by atoms with E-state index in [9.17, 15) is 0 Å². The molecule has 0 saturated carbocycles. The summed E-state index contributed by atoms with van der Waals surface area (Å²) in [6, 6.07) is 10.2. The molecular formula is C20H27IN6OS. The van der Waals surface area contributed by atoms with Gasteiger partial charge in [-0.25, -0.2) is 9.67 Å². The van der Waals surface area contributed by atoms with Crippen LogP contribution in [0.2, 0.25) is 0 Å². The van der Waals surface area contributed by atoms with Gasteiger partial charge in [0.05, 0.1) is 17.9 Å². The third-order valence-electron chi connectivity index (χ3n) is 4.37. The van der Waals surface area contributed by atoms with Gasteiger partial charge in [-0.1, -0.05) is 12.1 Å². The van der Waals surface area contributed by atoms with E-state index in [2.05, 4.69) is 42.8 Å². The van der Waals surface area contributed by atoms with E-state index in [1.54, 1.807) is 31.7 Å². The van der Waals surface area contributed by atoms with Gasteiger partial charge >= 0.3 is 0 Å². The molecule has 0 aliphatic carbocycles. The number of hydrogen-bond donors (Lipinski definition) is 1. The highest BCUT2D eigenvalue weighted by molar-refractivity contribution is 14.0. The lowest BCUT2D eigenvalue weighted by molar-refractivity contribution is 0.119. The fourth-order valence-corrected chi connectivity index (χ4v) is 3.64. The quantitative estimate of drug-likeness (QED) is 0.288. The average molecular weight is 526 g/mol. The van der Waals surface area contributed by atoms with Crippen LogP contribution in [0.5, 0.6) is 0 Å². The van der Waals surface area contributed by atoms with Crippen molar-refractivity contribution in [2.45, 2.75) is 26.1 Å². The van der Waals surface area contributed by atoms with Crippen molar-refractivity contribution in [3.05, 3.63) is 64.4 Å². The second-order valence-electron chi connectivity index (χ2n) is 6.43. The van der Waals surface area contributed by atoms with Gasteiger partial charge in [-0.3, -0.25) is 4.99 Å². The van der Waals surface area contributed by atoms with Crippen molar-refractivity contribution in [2.24, 2.45) is 4.99 Å². The van der Waals surface area contributed by atoms with Gasteiger partial charge in [0.15, 0.2) is 5.96 Å². The molecule has 0 radical (unpaired) electrons. The predicted molar refractivity (Wildman–Crippen MR) is 128 cm³/mol. The zero-order valence-corrected chi connectivity index (χ0v) is 20.2. The van der Waals surface area contributed by atoms with Crippen molar-refractivity contribution in [1.82, 2.24) is 25.0 Å². The zero-order valence-electron chi connectivity index (χ0n) is 17.1. The number of methoxy groups -OCH3 is 1. The maximum atomic E-state index is 5.34. The highest BCUT2D eigenvalue weighted by Crippen LogP contribution is 2.21. The maximum Gasteiger partial charge on any atom is 0.194 e. The largest absolute Gasteiger partial charge is 0.375 e. The number of guanidine groups is 1. The summed E-state index contributed by atoms with van der Waals surface area (Å²) in [6.45, 7) is 3.36. The first kappa shape index (κ1) is 23.3. The summed E-state index contributed by atoms with van der Waals surface area (Å²) < 4.78 is 7.19. The van der Waals surface area contributed by atoms with E-state index >= 15 is 0 Å². The fourth-order valence-electron chi connectivity index (χ4n) is 2.80. The van der Waals surface area contributed by atoms with Gasteiger partial charge in [0, 0.05) is 45.5 Å². The molecular weight excluding hydrogens is 499 g/mol. The van der Waals surface area contributed by atoms with E-state index in [-0.39, 0.29) is 30.1 Å². The lowest BCUT2D eigenvalue weighted by Gasteiger charge is -2.21. The highest BCUT2D eigenvalue weighted by Gasteiger charge is 2.12. The summed E-state index contributed by atoms with van der Waals surface area (Å²) in [5.74, 6) is 0.818. The Balaban J connectivity index is 0.00000300. The molecule has 0 aliphatic rings. The van der Waals surface area contributed by atoms with Crippen molar-refractivity contribution in [3.8, 4) is 5.69 Å². The predicted octanol–water partition coefficient (Wildman–Crippen LogP) is 3.86. The SMILES string of the molecule is CN=C(NCc1cccc(-n2cccn2)c1)N(C)Cc1csc(C(C)OC)n1.I. The minimum atomic E-state index is 0. The van der Waals surface area contributed by atoms with Crippen LogP contribution in [0.3, 0.4) is 0 Å². The fraction of sp³-hybridized carbons (Fsp3) is 0.350. The topological polar surface area (TPSA) is 67.6 Å². The molecule has 1 unspecified atom stereocenters. The second kappa shape index (κ2) is 11.3. The Hall–Kier alpha value is -1.98. The van der Waals surface area contributed by atoms with E-state index in [1.165, 1.54) is 0 Å². The summed E-state index contributed by atoms with van der Waals surface area (Å²) in [5, 5.41) is 10.8. The van der Waals surface area contributed by atoms with Crippen molar-refractivity contribution < 1.29 is 4.74 Å². The van der Waals surface area contributed by atoms with Crippen LogP contribution in [0, 0.1) is 0 Å². The van der Waals surface area contributed by atoms with Crippen LogP contribution in [-0.4, -0.2) is 46.8 Å². The molecule has 1 N–H and O–H groups in total. The van der Waals surface area contributed by atoms with Crippen LogP contribution in [0.4, 0.5) is 0 Å². The van der Waals surface area contributed by atoms with Gasteiger partial charge in [0.1, 0.15) is 11.1 Å². The first-order chi connectivity index (χ1) is 13.6. The number of rotatable bonds is 7. The first-order valence-corrected chi connectivity index (χ1v) is 9.96. The Morgan fingerprint density at radius 1 is 1.38 bits per heavy atom. The third-order valence-corrected chi connectivity index (χ3v) is 5.43. The molecule has 0 fully saturated rings. The highest BCUT2D eigenvalue weighted by atomic mass is 127. The van der Waals surface area contributed by atoms with Crippen molar-refractivity contribution in [1.29, 1.82) is 0 Å². The lowest BCUT2D eigenvalue weighted by Crippen LogP contribution is -2.38. The van der Waals surface area contributed by atoms with Crippen LogP contribution < -0.4 is 5.32 Å². The molecule has 0 saturated heterocycles. The Morgan fingerprint density at radius 2 is 2.21 bits per heavy atom. The van der Waals surface area contributed by atoms with Crippen LogP contribution in [0.1, 0.15) is 29.3 Å². The molecule has 7 nitrogen and oxygen atoms in total. The standard InChI is InChI=1S/C20H26N6OS.HI/c1-15(27-4)19-24-17(14-28-19)13-25(3)20(21-2)22-12-16-7-5-8-18(11-16)26-10-6-9-23-26;/h5-11,14-15H,12-13H2,1-4H3,(H,21,22);1H. The Bertz CT molecular complexity index is 911. The molecule has 3 aromatic rings. The number of ether oxygens (including phenoxy) is 1. The van der Waals surface area contributed by atoms with Gasteiger partial charge in [-0.05, 0) is 30.7 Å². The number of nitrogens with zero attached hydrogens (tertiary/aromatic N) is 5. The van der Waals surface area contributed by atoms with Crippen LogP contribution >= 0.6 is 35.3 Å². The molecule has 0 aliphatic heterocycles. The smallest absolute Gasteiger partial charge is 0.194 e. The Morgan fingerprint density at radius 3 is 2.90 bits per heavy atom. The molecule has 3 rings (SSSR count). The number of nitrogens with one attached hydrogen (secondary N) is 1. The Kier molecular flexibility index (Phi) is 9.05. The lowest BCUT2D eigenvalue weighted by atomic mass is 10.2. The van der Waals surface area contributed by atoms with Gasteiger partial charge in [0.2, 0.25) is 0 Å². The van der Waals surface area contributed by atoms with E-state index < -0.39 is 0 Å². The molecule has 1 aromatic carbocycles. The minimum Gasteiger partial charge on any atom is -0.375 e. The summed E-state index contributed by atoms with van der Waals surface area (Å²) in [5.41, 5.74) is 3.21. The van der Waals surface area contributed by atoms with Gasteiger partial charge in [-0.2, -0.15) is 5.10 Å². The number of hydrogen-bond acceptors (Lipinski definition) is 5. The normalized spacial score (nSPS) is 12.3. The van der Waals surface area contributed by atoms with Crippen molar-refractivity contribution in [3.63, 3.8) is 0 Å². The van der Waals surface area contributed by atoms with E-state index in [1.807, 2.05) is 43.0 Å². The van der Waals surface area contributed by atoms with E-state index in [0.29, 0.717) is 13.1 Å². The zero-order chi connectivity index (χ0) is 19.9. The van der Waals surface area contributed by atoms with Crippen LogP contribution in [0.25, 0.3) is 5.69 Å². The monoisotopic (exact) mass is 526 g/mol. The summed E-state index contributed by atoms with van der Waals surface area (Å²) in [4.78, 5) is 11.1. The minimum absolute atomic E-state index is 0. The first-order valence-electron chi connectivity index (χ1n) is 9.08. The molecule has 2 heterocycles. The van der Waals surface area contributed by atoms with E-state index in [4.69, 9.17) is 4.74 Å². The number of benzene rings is 1. The average Bonchev–Trinajstić information content (AvgIpc) is 3.40. The third kappa shape index (κ3) is 6.25. The molecule has 156 valence electrons. The summed E-state index contributed by atoms with van der Waals surface area (Å²) in [6.07, 6.45) is 3.73. The van der Waals surface area contributed by atoms with E-state index in [0.717, 1.165) is 27.9 Å². The summed E-state index contributed by atoms with van der Waals surface area (Å²) >= 11 is 1.62. The molecule has 2 aromatic heterocycles. The molecule has 1 atom stereocenters. The maximum absolute atomic E-state index is 5.34. The number of thiazole rings is 1. The molecule has 9 heteroatoms. The van der Waals surface area contributed by atoms with Gasteiger partial charge < -0.3 is 15.0 Å². The van der Waals surface area contributed by atoms with Crippen LogP contribution in [-0.2, 0) is 17.8 Å². The molecule has 0 spiro atoms. The number of aromatic nitrogens is 3. The van der Waals surface area contributed by atoms with Crippen LogP contribution in [0.15, 0.2) is 53.1 Å². The van der Waals surface area contributed by atoms with Crippen molar-refractivity contribution in [2.75, 3.05) is 21.2 Å². The Labute approximate surface area is 192 Å². The molecule has 0 amide bonds. The molecule has 29 heavy (non-hydrogen) atoms. The van der Waals surface area contributed by atoms with Gasteiger partial charge in [0.25, 0.3) is 0 Å².